The summed E-state index contributed by atoms with van der Waals surface area (Å²) in [7, 11) is 0. The summed E-state index contributed by atoms with van der Waals surface area (Å²) in [5, 5.41) is 2.88. The molecule has 0 aromatic carbocycles. The largest absolute Gasteiger partial charge is 0.298 e. The third-order valence-electron chi connectivity index (χ3n) is 1.56. The van der Waals surface area contributed by atoms with E-state index in [1.165, 1.54) is 0 Å². The Labute approximate surface area is 59.5 Å². The molecule has 2 aromatic heterocycles. The second-order valence-electron chi connectivity index (χ2n) is 2.20. The van der Waals surface area contributed by atoms with Gasteiger partial charge in [0.1, 0.15) is 0 Å². The number of nitrogens with zero attached hydrogens (tertiary/aromatic N) is 1. The molecule has 2 rings (SSSR count). The van der Waals surface area contributed by atoms with Gasteiger partial charge in [0.25, 0.3) is 0 Å². The van der Waals surface area contributed by atoms with Crippen LogP contribution in [0, 0.1) is 13.8 Å². The molecule has 0 atom stereocenters. The van der Waals surface area contributed by atoms with E-state index in [-0.39, 0.29) is 0 Å². The summed E-state index contributed by atoms with van der Waals surface area (Å²) in [6, 6.07) is 3.81. The minimum Gasteiger partial charge on any atom is -0.298 e. The van der Waals surface area contributed by atoms with Crippen LogP contribution in [0.2, 0.25) is 0 Å². The number of nitrogens with one attached hydrogen (secondary N) is 1. The number of hydrogen-bond acceptors (Lipinski definition) is 0. The molecule has 0 unspecified atom stereocenters. The first-order chi connectivity index (χ1) is 4.79. The standard InChI is InChI=1S/C8H6N2/c1-6-7(2)9-10-5-3-4-8(6)10/h1-5,9H. The van der Waals surface area contributed by atoms with E-state index in [9.17, 15) is 0 Å². The van der Waals surface area contributed by atoms with Crippen molar-refractivity contribution in [3.8, 4) is 0 Å². The highest BCUT2D eigenvalue weighted by Gasteiger charge is 2.01. The molecule has 4 radical (unpaired) electrons. The van der Waals surface area contributed by atoms with E-state index in [1.807, 2.05) is 18.3 Å². The lowest BCUT2D eigenvalue weighted by molar-refractivity contribution is 0.962. The second-order valence-corrected chi connectivity index (χ2v) is 2.20. The Morgan fingerprint density at radius 1 is 1.40 bits per heavy atom. The Bertz CT molecular complexity index is 354. The fourth-order valence-electron chi connectivity index (χ4n) is 1.03. The van der Waals surface area contributed by atoms with Crippen molar-refractivity contribution in [2.24, 2.45) is 0 Å². The van der Waals surface area contributed by atoms with E-state index in [1.54, 1.807) is 4.52 Å². The predicted molar refractivity (Wildman–Crippen MR) is 38.6 cm³/mol. The van der Waals surface area contributed by atoms with Gasteiger partial charge < -0.3 is 0 Å². The quantitative estimate of drug-likeness (QED) is 0.556. The van der Waals surface area contributed by atoms with Crippen LogP contribution in [-0.2, 0) is 0 Å². The molecule has 0 saturated carbocycles. The van der Waals surface area contributed by atoms with Gasteiger partial charge in [-0.15, -0.1) is 0 Å². The van der Waals surface area contributed by atoms with Gasteiger partial charge >= 0.3 is 0 Å². The van der Waals surface area contributed by atoms with Crippen molar-refractivity contribution in [1.82, 2.24) is 9.61 Å². The molecule has 2 heteroatoms. The lowest BCUT2D eigenvalue weighted by Gasteiger charge is -1.81. The molecule has 48 valence electrons. The first-order valence-electron chi connectivity index (χ1n) is 2.99. The fourth-order valence-corrected chi connectivity index (χ4v) is 1.03. The fraction of sp³-hybridized carbons (Fsp3) is 0. The second kappa shape index (κ2) is 1.66. The number of aromatic nitrogens is 2. The highest BCUT2D eigenvalue weighted by atomic mass is 15.2. The summed E-state index contributed by atoms with van der Waals surface area (Å²) >= 11 is 0. The first kappa shape index (κ1) is 5.59. The van der Waals surface area contributed by atoms with Gasteiger partial charge in [-0.1, -0.05) is 0 Å². The average Bonchev–Trinajstić information content (AvgIpc) is 2.41. The van der Waals surface area contributed by atoms with Crippen molar-refractivity contribution in [3.63, 3.8) is 0 Å². The predicted octanol–water partition coefficient (Wildman–Crippen LogP) is 1.39. The Hall–Kier alpha value is -1.18. The van der Waals surface area contributed by atoms with Gasteiger partial charge in [-0.3, -0.25) is 9.61 Å². The van der Waals surface area contributed by atoms with Gasteiger partial charge in [0.15, 0.2) is 0 Å². The van der Waals surface area contributed by atoms with Crippen LogP contribution < -0.4 is 0 Å². The summed E-state index contributed by atoms with van der Waals surface area (Å²) in [6.45, 7) is 11.1. The van der Waals surface area contributed by atoms with Crippen LogP contribution in [0.15, 0.2) is 18.3 Å². The molecule has 1 N–H and O–H groups in total. The van der Waals surface area contributed by atoms with Crippen LogP contribution in [0.5, 0.6) is 0 Å². The van der Waals surface area contributed by atoms with Gasteiger partial charge in [-0.05, 0) is 12.1 Å². The van der Waals surface area contributed by atoms with Crippen LogP contribution in [0.3, 0.4) is 0 Å². The van der Waals surface area contributed by atoms with Crippen molar-refractivity contribution < 1.29 is 0 Å². The van der Waals surface area contributed by atoms with Crippen molar-refractivity contribution in [2.75, 3.05) is 0 Å². The van der Waals surface area contributed by atoms with Crippen LogP contribution in [0.4, 0.5) is 0 Å². The molecule has 0 aliphatic heterocycles. The van der Waals surface area contributed by atoms with E-state index in [4.69, 9.17) is 13.8 Å². The molecule has 0 amide bonds. The summed E-state index contributed by atoms with van der Waals surface area (Å²) in [5.41, 5.74) is 2.07. The molecule has 0 spiro atoms. The molecule has 0 fully saturated rings. The smallest absolute Gasteiger partial charge is 0.0677 e. The zero-order valence-electron chi connectivity index (χ0n) is 5.33. The minimum absolute atomic E-state index is 0.524. The lowest BCUT2D eigenvalue weighted by atomic mass is 10.2. The van der Waals surface area contributed by atoms with Crippen molar-refractivity contribution in [1.29, 1.82) is 0 Å². The number of H-pyrrole nitrogens is 1. The van der Waals surface area contributed by atoms with E-state index in [2.05, 4.69) is 5.10 Å². The maximum Gasteiger partial charge on any atom is 0.0677 e. The highest BCUT2D eigenvalue weighted by Crippen LogP contribution is 2.12. The molecule has 0 aliphatic rings. The normalized spacial score (nSPS) is 11.0. The molecule has 0 bridgehead atoms. The van der Waals surface area contributed by atoms with Gasteiger partial charge in [0.05, 0.1) is 5.52 Å². The van der Waals surface area contributed by atoms with Crippen molar-refractivity contribution >= 4 is 5.52 Å². The van der Waals surface area contributed by atoms with Gasteiger partial charge in [-0.2, -0.15) is 0 Å². The molecule has 0 aliphatic carbocycles. The Kier molecular flexibility index (Phi) is 0.926. The average molecular weight is 130 g/mol. The van der Waals surface area contributed by atoms with E-state index in [0.717, 1.165) is 5.52 Å². The Morgan fingerprint density at radius 3 is 2.90 bits per heavy atom. The maximum absolute atomic E-state index is 5.61. The third kappa shape index (κ3) is 0.533. The third-order valence-corrected chi connectivity index (χ3v) is 1.56. The van der Waals surface area contributed by atoms with Crippen LogP contribution >= 0.6 is 0 Å². The summed E-state index contributed by atoms with van der Waals surface area (Å²) in [6.07, 6.45) is 1.86. The Balaban J connectivity index is 2.95. The zero-order chi connectivity index (χ0) is 7.14. The lowest BCUT2D eigenvalue weighted by Crippen LogP contribution is -1.78. The molecule has 10 heavy (non-hydrogen) atoms. The maximum atomic E-state index is 5.61. The molecule has 2 nitrogen and oxygen atoms in total. The van der Waals surface area contributed by atoms with Crippen molar-refractivity contribution in [2.45, 2.75) is 0 Å². The van der Waals surface area contributed by atoms with Crippen LogP contribution in [0.1, 0.15) is 11.3 Å². The summed E-state index contributed by atoms with van der Waals surface area (Å²) < 4.78 is 1.78. The van der Waals surface area contributed by atoms with Crippen LogP contribution in [-0.4, -0.2) is 9.61 Å². The van der Waals surface area contributed by atoms with E-state index in [0.29, 0.717) is 11.3 Å². The Morgan fingerprint density at radius 2 is 2.20 bits per heavy atom. The van der Waals surface area contributed by atoms with Crippen molar-refractivity contribution in [3.05, 3.63) is 43.4 Å². The first-order valence-corrected chi connectivity index (χ1v) is 2.99. The van der Waals surface area contributed by atoms with Gasteiger partial charge in [-0.25, -0.2) is 0 Å². The molecular formula is C8H6N2. The highest BCUT2D eigenvalue weighted by molar-refractivity contribution is 5.59. The minimum atomic E-state index is 0.524. The van der Waals surface area contributed by atoms with Gasteiger partial charge in [0.2, 0.25) is 0 Å². The monoisotopic (exact) mass is 130 g/mol. The van der Waals surface area contributed by atoms with E-state index < -0.39 is 0 Å². The number of aromatic amines is 1. The van der Waals surface area contributed by atoms with Gasteiger partial charge in [0, 0.05) is 31.3 Å². The number of hydrogen-bond donors (Lipinski definition) is 1. The zero-order valence-corrected chi connectivity index (χ0v) is 5.33. The summed E-state index contributed by atoms with van der Waals surface area (Å²) in [4.78, 5) is 0. The topological polar surface area (TPSA) is 20.2 Å². The summed E-state index contributed by atoms with van der Waals surface area (Å²) in [5.74, 6) is 0. The SMILES string of the molecule is [CH]c1[nH]n2cccc2c1[CH]. The number of fused-ring (bicyclic) bond motifs is 1. The molecule has 0 saturated heterocycles. The van der Waals surface area contributed by atoms with E-state index >= 15 is 0 Å². The molecule has 2 heterocycles. The molecular weight excluding hydrogens is 124 g/mol. The van der Waals surface area contributed by atoms with Crippen LogP contribution in [0.25, 0.3) is 5.52 Å². The number of rotatable bonds is 0. The molecule has 2 aromatic rings.